The Bertz CT molecular complexity index is 3780. The number of nitrogens with zero attached hydrogens (tertiary/aromatic N) is 3. The van der Waals surface area contributed by atoms with Crippen LogP contribution in [0.4, 0.5) is 0 Å². The Morgan fingerprint density at radius 3 is 1.21 bits per heavy atom. The summed E-state index contributed by atoms with van der Waals surface area (Å²) in [5.41, 5.74) is 15.7. The lowest BCUT2D eigenvalue weighted by atomic mass is 10.0. The molecule has 0 aliphatic rings. The van der Waals surface area contributed by atoms with Crippen molar-refractivity contribution in [2.75, 3.05) is 0 Å². The Kier molecular flexibility index (Phi) is 7.65. The molecule has 0 fully saturated rings. The molecule has 3 nitrogen and oxygen atoms in total. The molecule has 0 aliphatic carbocycles. The molecule has 5 heterocycles. The number of para-hydroxylation sites is 3. The Morgan fingerprint density at radius 1 is 0.246 bits per heavy atom. The van der Waals surface area contributed by atoms with Crippen LogP contribution < -0.4 is 0 Å². The normalized spacial score (nSPS) is 11.9. The van der Waals surface area contributed by atoms with E-state index in [1.807, 2.05) is 22.7 Å². The molecule has 61 heavy (non-hydrogen) atoms. The van der Waals surface area contributed by atoms with Gasteiger partial charge >= 0.3 is 0 Å². The van der Waals surface area contributed by atoms with E-state index < -0.39 is 0 Å². The molecule has 8 aromatic carbocycles. The summed E-state index contributed by atoms with van der Waals surface area (Å²) < 4.78 is 10.0. The maximum atomic E-state index is 2.45. The van der Waals surface area contributed by atoms with Crippen LogP contribution in [0.2, 0.25) is 0 Å². The predicted molar refractivity (Wildman–Crippen MR) is 262 cm³/mol. The fourth-order valence-electron chi connectivity index (χ4n) is 9.50. The molecule has 0 saturated carbocycles. The highest BCUT2D eigenvalue weighted by Crippen LogP contribution is 2.48. The first-order chi connectivity index (χ1) is 30.2. The van der Waals surface area contributed by atoms with E-state index in [0.717, 1.165) is 11.4 Å². The summed E-state index contributed by atoms with van der Waals surface area (Å²) in [7, 11) is 0. The molecule has 0 spiro atoms. The molecule has 0 radical (unpaired) electrons. The third kappa shape index (κ3) is 5.34. The molecule has 0 N–H and O–H groups in total. The second-order valence-electron chi connectivity index (χ2n) is 15.7. The van der Waals surface area contributed by atoms with Gasteiger partial charge in [-0.15, -0.1) is 22.7 Å². The summed E-state index contributed by atoms with van der Waals surface area (Å²) in [4.78, 5) is 2.56. The second-order valence-corrected chi connectivity index (χ2v) is 17.8. The number of fused-ring (bicyclic) bond motifs is 9. The molecule has 13 rings (SSSR count). The molecule has 5 heteroatoms. The van der Waals surface area contributed by atoms with E-state index in [1.165, 1.54) is 102 Å². The van der Waals surface area contributed by atoms with Gasteiger partial charge in [0.05, 0.1) is 42.5 Å². The van der Waals surface area contributed by atoms with E-state index in [0.29, 0.717) is 0 Å². The van der Waals surface area contributed by atoms with Gasteiger partial charge in [-0.3, -0.25) is 0 Å². The number of hydrogen-bond donors (Lipinski definition) is 0. The van der Waals surface area contributed by atoms with Crippen molar-refractivity contribution in [3.8, 4) is 49.1 Å². The van der Waals surface area contributed by atoms with Crippen molar-refractivity contribution in [1.82, 2.24) is 13.7 Å². The number of hydrogen-bond acceptors (Lipinski definition) is 2. The third-order valence-electron chi connectivity index (χ3n) is 12.3. The monoisotopic (exact) mass is 813 g/mol. The average molecular weight is 814 g/mol. The van der Waals surface area contributed by atoms with Crippen molar-refractivity contribution >= 4 is 86.7 Å². The predicted octanol–water partition coefficient (Wildman–Crippen LogP) is 16.1. The number of rotatable bonds is 6. The number of benzene rings is 8. The van der Waals surface area contributed by atoms with Crippen LogP contribution in [0, 0.1) is 0 Å². The molecule has 0 amide bonds. The second kappa shape index (κ2) is 13.5. The van der Waals surface area contributed by atoms with E-state index in [1.54, 1.807) is 0 Å². The molecule has 5 aromatic heterocycles. The molecule has 0 unspecified atom stereocenters. The first kappa shape index (κ1) is 34.4. The summed E-state index contributed by atoms with van der Waals surface area (Å²) in [6.07, 6.45) is 0. The van der Waals surface area contributed by atoms with Crippen molar-refractivity contribution in [2.24, 2.45) is 0 Å². The summed E-state index contributed by atoms with van der Waals surface area (Å²) in [6, 6.07) is 77.6. The van der Waals surface area contributed by atoms with Gasteiger partial charge in [-0.1, -0.05) is 133 Å². The van der Waals surface area contributed by atoms with E-state index >= 15 is 0 Å². The summed E-state index contributed by atoms with van der Waals surface area (Å²) in [5.74, 6) is 0. The Balaban J connectivity index is 1.07. The highest BCUT2D eigenvalue weighted by Gasteiger charge is 2.22. The molecule has 0 atom stereocenters. The van der Waals surface area contributed by atoms with Crippen LogP contribution in [0.5, 0.6) is 0 Å². The fraction of sp³-hybridized carbons (Fsp3) is 0. The summed E-state index contributed by atoms with van der Waals surface area (Å²) >= 11 is 3.80. The van der Waals surface area contributed by atoms with Crippen LogP contribution in [-0.4, -0.2) is 13.7 Å². The maximum absolute atomic E-state index is 2.45. The van der Waals surface area contributed by atoms with Gasteiger partial charge in [-0.2, -0.15) is 0 Å². The van der Waals surface area contributed by atoms with Gasteiger partial charge in [0.25, 0.3) is 0 Å². The smallest absolute Gasteiger partial charge is 0.0711 e. The van der Waals surface area contributed by atoms with Gasteiger partial charge in [0.1, 0.15) is 0 Å². The van der Waals surface area contributed by atoms with E-state index in [-0.39, 0.29) is 0 Å². The van der Waals surface area contributed by atoms with Crippen LogP contribution in [0.3, 0.4) is 0 Å². The molecular weight excluding hydrogens is 779 g/mol. The molecule has 0 aliphatic heterocycles. The Hall–Kier alpha value is -7.44. The van der Waals surface area contributed by atoms with Crippen LogP contribution in [0.15, 0.2) is 212 Å². The van der Waals surface area contributed by atoms with Gasteiger partial charge in [-0.05, 0) is 101 Å². The largest absolute Gasteiger partial charge is 0.309 e. The minimum Gasteiger partial charge on any atom is -0.309 e. The zero-order chi connectivity index (χ0) is 40.0. The van der Waals surface area contributed by atoms with E-state index in [4.69, 9.17) is 0 Å². The molecule has 0 saturated heterocycles. The van der Waals surface area contributed by atoms with Crippen molar-refractivity contribution in [2.45, 2.75) is 0 Å². The fourth-order valence-corrected chi connectivity index (χ4v) is 11.9. The minimum atomic E-state index is 1.15. The third-order valence-corrected chi connectivity index (χ3v) is 14.8. The lowest BCUT2D eigenvalue weighted by Crippen LogP contribution is -1.94. The summed E-state index contributed by atoms with van der Waals surface area (Å²) in [6.45, 7) is 0. The van der Waals surface area contributed by atoms with Gasteiger partial charge in [-0.25, -0.2) is 0 Å². The molecule has 13 aromatic rings. The first-order valence-corrected chi connectivity index (χ1v) is 22.3. The lowest BCUT2D eigenvalue weighted by molar-refractivity contribution is 1.17. The van der Waals surface area contributed by atoms with Crippen LogP contribution in [0.25, 0.3) is 113 Å². The highest BCUT2D eigenvalue weighted by atomic mass is 32.1. The van der Waals surface area contributed by atoms with Crippen molar-refractivity contribution in [1.29, 1.82) is 0 Å². The van der Waals surface area contributed by atoms with Crippen LogP contribution >= 0.6 is 22.7 Å². The zero-order valence-corrected chi connectivity index (χ0v) is 34.5. The Labute approximate surface area is 359 Å². The van der Waals surface area contributed by atoms with Gasteiger partial charge < -0.3 is 13.7 Å². The Morgan fingerprint density at radius 2 is 0.656 bits per heavy atom. The van der Waals surface area contributed by atoms with Crippen molar-refractivity contribution in [3.05, 3.63) is 212 Å². The number of thiophene rings is 2. The average Bonchev–Trinajstić information content (AvgIpc) is 4.14. The molecule has 286 valence electrons. The lowest BCUT2D eigenvalue weighted by Gasteiger charge is -2.09. The molecular formula is C56H35N3S2. The van der Waals surface area contributed by atoms with E-state index in [9.17, 15) is 0 Å². The highest BCUT2D eigenvalue weighted by molar-refractivity contribution is 7.30. The van der Waals surface area contributed by atoms with Crippen LogP contribution in [-0.2, 0) is 0 Å². The van der Waals surface area contributed by atoms with Crippen molar-refractivity contribution < 1.29 is 0 Å². The first-order valence-electron chi connectivity index (χ1n) is 20.7. The van der Waals surface area contributed by atoms with Gasteiger partial charge in [0.15, 0.2) is 0 Å². The number of aromatic nitrogens is 3. The maximum Gasteiger partial charge on any atom is 0.0711 e. The van der Waals surface area contributed by atoms with Gasteiger partial charge in [0, 0.05) is 48.4 Å². The summed E-state index contributed by atoms with van der Waals surface area (Å²) in [5, 5.41) is 4.96. The zero-order valence-electron chi connectivity index (χ0n) is 32.9. The quantitative estimate of drug-likeness (QED) is 0.159. The topological polar surface area (TPSA) is 14.8 Å². The van der Waals surface area contributed by atoms with Gasteiger partial charge in [0.2, 0.25) is 0 Å². The SMILES string of the molecule is c1ccc(-c2ccc3c4cc5c(cc4n(-c4ccccc4)c3c2)c2cc(-c3cc4c(s3)c3sc(-c6ccccc6)cc3n4-c3ccccc3)ccc2n5-c2ccccc2)cc1. The minimum absolute atomic E-state index is 1.15. The van der Waals surface area contributed by atoms with E-state index in [2.05, 4.69) is 226 Å². The van der Waals surface area contributed by atoms with Crippen molar-refractivity contribution in [3.63, 3.8) is 0 Å². The van der Waals surface area contributed by atoms with Crippen LogP contribution in [0.1, 0.15) is 0 Å². The molecule has 0 bridgehead atoms. The standard InChI is InChI=1S/C56H35N3S2/c1-6-16-36(17-7-1)38-26-28-43-45-32-50-46(33-49(45)58(48(43)31-38)41-22-12-4-13-23-41)44-30-39(27-29-47(44)57(50)40-20-10-3-11-21-40)54-35-52-56(61-54)55-51(59(52)42-24-14-5-15-25-42)34-53(60-55)37-18-8-2-9-19-37/h1-35H.